The second-order valence-corrected chi connectivity index (χ2v) is 6.32. The summed E-state index contributed by atoms with van der Waals surface area (Å²) >= 11 is 0. The molecule has 0 aromatic carbocycles. The molecule has 1 atom stereocenters. The molecule has 23 heavy (non-hydrogen) atoms. The fourth-order valence-corrected chi connectivity index (χ4v) is 2.52. The molecule has 6 nitrogen and oxygen atoms in total. The Balaban J connectivity index is 2.66. The summed E-state index contributed by atoms with van der Waals surface area (Å²) in [7, 11) is 0. The molecule has 0 fully saturated rings. The largest absolute Gasteiger partial charge is 0.478 e. The molecule has 2 heterocycles. The quantitative estimate of drug-likeness (QED) is 0.892. The number of pyridine rings is 1. The van der Waals surface area contributed by atoms with Crippen LogP contribution in [0.3, 0.4) is 0 Å². The highest BCUT2D eigenvalue weighted by Crippen LogP contribution is 2.29. The normalized spacial score (nSPS) is 20.4. The van der Waals surface area contributed by atoms with Gasteiger partial charge in [-0.25, -0.2) is 9.79 Å². The van der Waals surface area contributed by atoms with Crippen LogP contribution in [0.4, 0.5) is 0 Å². The Bertz CT molecular complexity index is 750. The lowest BCUT2D eigenvalue weighted by Crippen LogP contribution is -2.41. The van der Waals surface area contributed by atoms with Crippen LogP contribution in [0.2, 0.25) is 0 Å². The lowest BCUT2D eigenvalue weighted by atomic mass is 9.89. The van der Waals surface area contributed by atoms with Crippen LogP contribution in [0, 0.1) is 12.8 Å². The van der Waals surface area contributed by atoms with E-state index in [1.54, 1.807) is 27.0 Å². The van der Waals surface area contributed by atoms with Crippen LogP contribution in [0.1, 0.15) is 54.9 Å². The zero-order valence-corrected chi connectivity index (χ0v) is 14.0. The van der Waals surface area contributed by atoms with Crippen LogP contribution < -0.4 is 5.32 Å². The summed E-state index contributed by atoms with van der Waals surface area (Å²) in [6.07, 6.45) is 1.57. The Morgan fingerprint density at radius 1 is 1.43 bits per heavy atom. The van der Waals surface area contributed by atoms with Gasteiger partial charge in [-0.2, -0.15) is 0 Å². The average molecular weight is 315 g/mol. The van der Waals surface area contributed by atoms with E-state index < -0.39 is 11.5 Å². The smallest absolute Gasteiger partial charge is 0.338 e. The summed E-state index contributed by atoms with van der Waals surface area (Å²) < 4.78 is 0. The van der Waals surface area contributed by atoms with E-state index in [2.05, 4.69) is 21.9 Å². The predicted molar refractivity (Wildman–Crippen MR) is 88.6 cm³/mol. The molecule has 0 saturated carbocycles. The minimum absolute atomic E-state index is 0.0240. The van der Waals surface area contributed by atoms with Crippen molar-refractivity contribution in [2.24, 2.45) is 10.9 Å². The van der Waals surface area contributed by atoms with Crippen LogP contribution in [-0.2, 0) is 4.79 Å². The summed E-state index contributed by atoms with van der Waals surface area (Å²) in [4.78, 5) is 32.6. The van der Waals surface area contributed by atoms with Crippen LogP contribution in [0.25, 0.3) is 5.57 Å². The molecule has 2 N–H and O–H groups in total. The van der Waals surface area contributed by atoms with Gasteiger partial charge < -0.3 is 10.4 Å². The molecule has 2 rings (SSSR count). The number of rotatable bonds is 4. The minimum atomic E-state index is -1.11. The fraction of sp³-hybridized carbons (Fsp3) is 0.412. The van der Waals surface area contributed by atoms with Gasteiger partial charge >= 0.3 is 5.97 Å². The third kappa shape index (κ3) is 2.65. The Morgan fingerprint density at radius 3 is 2.48 bits per heavy atom. The number of nitrogens with zero attached hydrogens (tertiary/aromatic N) is 2. The molecule has 0 bridgehead atoms. The summed E-state index contributed by atoms with van der Waals surface area (Å²) in [5.74, 6) is -1.17. The zero-order chi connectivity index (χ0) is 17.5. The number of hydrogen-bond donors (Lipinski definition) is 2. The van der Waals surface area contributed by atoms with Crippen LogP contribution in [0.5, 0.6) is 0 Å². The van der Waals surface area contributed by atoms with Crippen molar-refractivity contribution >= 4 is 23.3 Å². The fourth-order valence-electron chi connectivity index (χ4n) is 2.52. The lowest BCUT2D eigenvalue weighted by Gasteiger charge is -2.21. The van der Waals surface area contributed by atoms with Gasteiger partial charge in [-0.3, -0.25) is 9.78 Å². The summed E-state index contributed by atoms with van der Waals surface area (Å²) in [5.41, 5.74) is 1.27. The van der Waals surface area contributed by atoms with Gasteiger partial charge in [-0.1, -0.05) is 20.4 Å². The molecule has 122 valence electrons. The number of allylic oxidation sites excluding steroid dienone is 1. The number of carbonyl (C=O) groups is 2. The number of amidine groups is 1. The minimum Gasteiger partial charge on any atom is -0.478 e. The first-order chi connectivity index (χ1) is 10.6. The van der Waals surface area contributed by atoms with Gasteiger partial charge in [0.15, 0.2) is 5.84 Å². The first-order valence-electron chi connectivity index (χ1n) is 7.40. The molecule has 6 heteroatoms. The van der Waals surface area contributed by atoms with Gasteiger partial charge in [-0.15, -0.1) is 0 Å². The second-order valence-electron chi connectivity index (χ2n) is 6.32. The molecule has 1 aliphatic rings. The number of carboxylic acid groups (broad SMARTS) is 1. The number of carboxylic acids is 1. The highest BCUT2D eigenvalue weighted by Gasteiger charge is 2.43. The van der Waals surface area contributed by atoms with Crippen molar-refractivity contribution in [1.82, 2.24) is 10.3 Å². The monoisotopic (exact) mass is 315 g/mol. The molecule has 0 saturated heterocycles. The van der Waals surface area contributed by atoms with E-state index in [1.165, 1.54) is 0 Å². The maximum atomic E-state index is 12.2. The van der Waals surface area contributed by atoms with Gasteiger partial charge in [-0.05, 0) is 43.4 Å². The Hall–Kier alpha value is -2.50. The van der Waals surface area contributed by atoms with Gasteiger partial charge in [0.05, 0.1) is 5.56 Å². The van der Waals surface area contributed by atoms with E-state index in [-0.39, 0.29) is 28.9 Å². The number of aliphatic imine (C=N–C) groups is 1. The van der Waals surface area contributed by atoms with E-state index in [4.69, 9.17) is 0 Å². The number of aromatic carboxylic acids is 1. The van der Waals surface area contributed by atoms with Crippen molar-refractivity contribution in [1.29, 1.82) is 0 Å². The lowest BCUT2D eigenvalue weighted by molar-refractivity contribution is -0.124. The molecule has 1 aromatic heterocycles. The molecule has 1 amide bonds. The molecule has 0 aliphatic carbocycles. The molecule has 1 aliphatic heterocycles. The standard InChI is InChI=1S/C17H21N3O3/c1-8(2)11-7-18-13(12(10(11)5)15(21)22)14-19-16(23)17(6,20-14)9(3)4/h7,9H,1H2,2-6H3,(H,21,22)(H,19,20,23). The average Bonchev–Trinajstić information content (AvgIpc) is 2.74. The molecular formula is C17H21N3O3. The maximum Gasteiger partial charge on any atom is 0.338 e. The summed E-state index contributed by atoms with van der Waals surface area (Å²) in [6, 6.07) is 0. The first kappa shape index (κ1) is 16.9. The van der Waals surface area contributed by atoms with Crippen molar-refractivity contribution in [3.05, 3.63) is 35.2 Å². The number of hydrogen-bond acceptors (Lipinski definition) is 4. The van der Waals surface area contributed by atoms with Gasteiger partial charge in [0, 0.05) is 6.20 Å². The SMILES string of the molecule is C=C(C)c1cnc(C2=NC(C)(C(C)C)C(=O)N2)c(C(=O)O)c1C. The molecule has 1 unspecified atom stereocenters. The third-order valence-corrected chi connectivity index (χ3v) is 4.40. The topological polar surface area (TPSA) is 91.7 Å². The van der Waals surface area contributed by atoms with E-state index in [0.717, 1.165) is 5.57 Å². The van der Waals surface area contributed by atoms with Crippen molar-refractivity contribution in [2.75, 3.05) is 0 Å². The Kier molecular flexibility index (Phi) is 4.11. The van der Waals surface area contributed by atoms with Gasteiger partial charge in [0.1, 0.15) is 11.2 Å². The predicted octanol–water partition coefficient (Wildman–Crippen LogP) is 2.41. The van der Waals surface area contributed by atoms with Crippen molar-refractivity contribution in [3.63, 3.8) is 0 Å². The Labute approximate surface area is 135 Å². The highest BCUT2D eigenvalue weighted by molar-refractivity contribution is 6.17. The van der Waals surface area contributed by atoms with Crippen LogP contribution >= 0.6 is 0 Å². The van der Waals surface area contributed by atoms with E-state index in [9.17, 15) is 14.7 Å². The van der Waals surface area contributed by atoms with Gasteiger partial charge in [0.2, 0.25) is 0 Å². The number of amides is 1. The Morgan fingerprint density at radius 2 is 2.04 bits per heavy atom. The molecule has 1 aromatic rings. The van der Waals surface area contributed by atoms with E-state index in [0.29, 0.717) is 11.1 Å². The van der Waals surface area contributed by atoms with Crippen molar-refractivity contribution in [2.45, 2.75) is 40.2 Å². The first-order valence-corrected chi connectivity index (χ1v) is 7.40. The van der Waals surface area contributed by atoms with Crippen molar-refractivity contribution in [3.8, 4) is 0 Å². The number of aromatic nitrogens is 1. The third-order valence-electron chi connectivity index (χ3n) is 4.40. The van der Waals surface area contributed by atoms with Crippen LogP contribution in [0.15, 0.2) is 17.8 Å². The van der Waals surface area contributed by atoms with Gasteiger partial charge in [0.25, 0.3) is 5.91 Å². The zero-order valence-electron chi connectivity index (χ0n) is 14.0. The summed E-state index contributed by atoms with van der Waals surface area (Å²) in [5, 5.41) is 12.3. The van der Waals surface area contributed by atoms with Crippen molar-refractivity contribution < 1.29 is 14.7 Å². The number of carbonyl (C=O) groups excluding carboxylic acids is 1. The molecule has 0 spiro atoms. The number of nitrogens with one attached hydrogen (secondary N) is 1. The highest BCUT2D eigenvalue weighted by atomic mass is 16.4. The van der Waals surface area contributed by atoms with E-state index >= 15 is 0 Å². The second kappa shape index (κ2) is 5.61. The molecule has 0 radical (unpaired) electrons. The summed E-state index contributed by atoms with van der Waals surface area (Å²) in [6.45, 7) is 12.9. The maximum absolute atomic E-state index is 12.2. The van der Waals surface area contributed by atoms with Crippen LogP contribution in [-0.4, -0.2) is 33.3 Å². The molecular weight excluding hydrogens is 294 g/mol. The van der Waals surface area contributed by atoms with E-state index in [1.807, 2.05) is 13.8 Å².